The number of likely N-dealkylation sites (N-methyl/N-ethyl adjacent to an activating group) is 2. The maximum absolute atomic E-state index is 12.9. The van der Waals surface area contributed by atoms with Crippen LogP contribution in [0.4, 0.5) is 34.5 Å². The standard InChI is InChI=1S/C25H34N7O3P/c1-17-9-8-10-20(23(17)36(6,7)35)28-24-18(2)16-26-25(29-24)27-19-11-12-21(22(15-19)32(33)34)31(5)14-13-30(3)4/h8-12,15-16H,13-14H2,1-7H3,(H2,26,27,28,29). The number of hydrogen-bond donors (Lipinski definition) is 2. The zero-order valence-corrected chi connectivity index (χ0v) is 22.8. The Kier molecular flexibility index (Phi) is 8.32. The van der Waals surface area contributed by atoms with Crippen molar-refractivity contribution in [3.8, 4) is 0 Å². The Hall–Kier alpha value is -3.49. The van der Waals surface area contributed by atoms with E-state index in [4.69, 9.17) is 0 Å². The Morgan fingerprint density at radius 2 is 1.75 bits per heavy atom. The summed E-state index contributed by atoms with van der Waals surface area (Å²) < 4.78 is 12.9. The average Bonchev–Trinajstić information content (AvgIpc) is 2.78. The van der Waals surface area contributed by atoms with Gasteiger partial charge in [-0.05, 0) is 65.0 Å². The monoisotopic (exact) mass is 511 g/mol. The second-order valence-electron chi connectivity index (χ2n) is 9.48. The summed E-state index contributed by atoms with van der Waals surface area (Å²) in [5, 5.41) is 19.0. The number of rotatable bonds is 10. The summed E-state index contributed by atoms with van der Waals surface area (Å²) in [7, 11) is 3.22. The van der Waals surface area contributed by atoms with Gasteiger partial charge in [-0.25, -0.2) is 4.98 Å². The molecule has 1 heterocycles. The van der Waals surface area contributed by atoms with Crippen LogP contribution in [0.2, 0.25) is 0 Å². The van der Waals surface area contributed by atoms with Gasteiger partial charge in [-0.1, -0.05) is 12.1 Å². The summed E-state index contributed by atoms with van der Waals surface area (Å²) in [6.45, 7) is 8.73. The molecule has 0 unspecified atom stereocenters. The molecule has 0 saturated heterocycles. The van der Waals surface area contributed by atoms with E-state index in [9.17, 15) is 14.7 Å². The van der Waals surface area contributed by atoms with Crippen LogP contribution in [-0.4, -0.2) is 67.4 Å². The van der Waals surface area contributed by atoms with Crippen LogP contribution in [0.3, 0.4) is 0 Å². The van der Waals surface area contributed by atoms with Gasteiger partial charge in [0.2, 0.25) is 5.95 Å². The number of nitrogens with one attached hydrogen (secondary N) is 2. The number of nitro groups is 1. The molecule has 1 aromatic heterocycles. The van der Waals surface area contributed by atoms with E-state index in [1.54, 1.807) is 31.7 Å². The van der Waals surface area contributed by atoms with Gasteiger partial charge in [-0.2, -0.15) is 4.98 Å². The van der Waals surface area contributed by atoms with Gasteiger partial charge in [0.15, 0.2) is 0 Å². The number of anilines is 5. The minimum atomic E-state index is -2.54. The molecular formula is C25H34N7O3P. The SMILES string of the molecule is Cc1cnc(Nc2ccc(N(C)CCN(C)C)c([N+](=O)[O-])c2)nc1Nc1cccc(C)c1P(C)(C)=O. The van der Waals surface area contributed by atoms with Crippen molar-refractivity contribution in [2.24, 2.45) is 0 Å². The van der Waals surface area contributed by atoms with Gasteiger partial charge in [-0.3, -0.25) is 10.1 Å². The summed E-state index contributed by atoms with van der Waals surface area (Å²) >= 11 is 0. The Morgan fingerprint density at radius 1 is 1.03 bits per heavy atom. The predicted octanol–water partition coefficient (Wildman–Crippen LogP) is 4.73. The zero-order chi connectivity index (χ0) is 26.6. The molecule has 0 radical (unpaired) electrons. The van der Waals surface area contributed by atoms with Gasteiger partial charge < -0.3 is 25.0 Å². The molecule has 192 valence electrons. The highest BCUT2D eigenvalue weighted by Gasteiger charge is 2.21. The van der Waals surface area contributed by atoms with E-state index in [1.165, 1.54) is 6.07 Å². The van der Waals surface area contributed by atoms with Crippen LogP contribution in [0, 0.1) is 24.0 Å². The van der Waals surface area contributed by atoms with Crippen molar-refractivity contribution in [2.75, 3.05) is 63.1 Å². The Bertz CT molecular complexity index is 1310. The number of aromatic nitrogens is 2. The molecular weight excluding hydrogens is 477 g/mol. The lowest BCUT2D eigenvalue weighted by molar-refractivity contribution is -0.384. The molecule has 0 bridgehead atoms. The third kappa shape index (κ3) is 6.59. The van der Waals surface area contributed by atoms with E-state index in [1.807, 2.05) is 63.0 Å². The molecule has 0 fully saturated rings. The highest BCUT2D eigenvalue weighted by molar-refractivity contribution is 7.70. The first-order valence-electron chi connectivity index (χ1n) is 11.5. The van der Waals surface area contributed by atoms with Crippen molar-refractivity contribution in [1.29, 1.82) is 0 Å². The molecule has 0 saturated carbocycles. The fourth-order valence-corrected chi connectivity index (χ4v) is 5.54. The molecule has 10 nitrogen and oxygen atoms in total. The second-order valence-corrected chi connectivity index (χ2v) is 12.6. The summed E-state index contributed by atoms with van der Waals surface area (Å²) in [6, 6.07) is 10.7. The van der Waals surface area contributed by atoms with E-state index in [2.05, 4.69) is 20.6 Å². The summed E-state index contributed by atoms with van der Waals surface area (Å²) in [5.74, 6) is 0.846. The molecule has 0 spiro atoms. The molecule has 0 amide bonds. The maximum atomic E-state index is 12.9. The number of nitro benzene ring substituents is 1. The Morgan fingerprint density at radius 3 is 2.39 bits per heavy atom. The van der Waals surface area contributed by atoms with E-state index in [0.29, 0.717) is 23.7 Å². The summed E-state index contributed by atoms with van der Waals surface area (Å²) in [5.41, 5.74) is 3.52. The molecule has 0 aliphatic heterocycles. The number of benzene rings is 2. The lowest BCUT2D eigenvalue weighted by atomic mass is 10.2. The van der Waals surface area contributed by atoms with Crippen molar-refractivity contribution in [2.45, 2.75) is 13.8 Å². The van der Waals surface area contributed by atoms with E-state index >= 15 is 0 Å². The number of hydrogen-bond acceptors (Lipinski definition) is 9. The number of nitrogens with zero attached hydrogens (tertiary/aromatic N) is 5. The molecule has 3 rings (SSSR count). The van der Waals surface area contributed by atoms with Crippen molar-refractivity contribution in [3.05, 3.63) is 63.8 Å². The molecule has 2 N–H and O–H groups in total. The van der Waals surface area contributed by atoms with Crippen LogP contribution in [0.25, 0.3) is 0 Å². The fraction of sp³-hybridized carbons (Fsp3) is 0.360. The van der Waals surface area contributed by atoms with E-state index < -0.39 is 7.14 Å². The molecule has 11 heteroatoms. The molecule has 0 aliphatic rings. The zero-order valence-electron chi connectivity index (χ0n) is 21.9. The topological polar surface area (TPSA) is 117 Å². The third-order valence-corrected chi connectivity index (χ3v) is 7.39. The van der Waals surface area contributed by atoms with Crippen molar-refractivity contribution in [3.63, 3.8) is 0 Å². The van der Waals surface area contributed by atoms with Gasteiger partial charge in [0.1, 0.15) is 18.6 Å². The van der Waals surface area contributed by atoms with Gasteiger partial charge in [0.25, 0.3) is 5.69 Å². The smallest absolute Gasteiger partial charge is 0.294 e. The fourth-order valence-electron chi connectivity index (χ4n) is 3.90. The normalized spacial score (nSPS) is 11.4. The van der Waals surface area contributed by atoms with Crippen molar-refractivity contribution < 1.29 is 9.49 Å². The van der Waals surface area contributed by atoms with E-state index in [0.717, 1.165) is 28.7 Å². The molecule has 2 aromatic carbocycles. The lowest BCUT2D eigenvalue weighted by Crippen LogP contribution is -2.28. The van der Waals surface area contributed by atoms with Crippen LogP contribution in [0.1, 0.15) is 11.1 Å². The minimum Gasteiger partial charge on any atom is -0.368 e. The largest absolute Gasteiger partial charge is 0.368 e. The minimum absolute atomic E-state index is 0.00207. The first kappa shape index (κ1) is 27.1. The van der Waals surface area contributed by atoms with Crippen LogP contribution in [0.15, 0.2) is 42.6 Å². The highest BCUT2D eigenvalue weighted by Crippen LogP contribution is 2.40. The summed E-state index contributed by atoms with van der Waals surface area (Å²) in [4.78, 5) is 24.2. The third-order valence-electron chi connectivity index (χ3n) is 5.72. The first-order valence-corrected chi connectivity index (χ1v) is 14.1. The Balaban J connectivity index is 1.89. The molecule has 3 aromatic rings. The summed E-state index contributed by atoms with van der Waals surface area (Å²) in [6.07, 6.45) is 1.67. The van der Waals surface area contributed by atoms with Crippen molar-refractivity contribution in [1.82, 2.24) is 14.9 Å². The molecule has 0 atom stereocenters. The van der Waals surface area contributed by atoms with Gasteiger partial charge >= 0.3 is 0 Å². The van der Waals surface area contributed by atoms with Crippen LogP contribution in [0.5, 0.6) is 0 Å². The first-order chi connectivity index (χ1) is 16.9. The second kappa shape index (κ2) is 11.1. The van der Waals surface area contributed by atoms with Crippen LogP contribution >= 0.6 is 7.14 Å². The van der Waals surface area contributed by atoms with Crippen LogP contribution in [-0.2, 0) is 4.57 Å². The van der Waals surface area contributed by atoms with E-state index in [-0.39, 0.29) is 16.6 Å². The lowest BCUT2D eigenvalue weighted by Gasteiger charge is -2.21. The van der Waals surface area contributed by atoms with Gasteiger partial charge in [0, 0.05) is 49.0 Å². The average molecular weight is 512 g/mol. The maximum Gasteiger partial charge on any atom is 0.294 e. The number of aryl methyl sites for hydroxylation is 2. The van der Waals surface area contributed by atoms with Gasteiger partial charge in [-0.15, -0.1) is 0 Å². The predicted molar refractivity (Wildman–Crippen MR) is 149 cm³/mol. The van der Waals surface area contributed by atoms with Crippen molar-refractivity contribution >= 4 is 47.0 Å². The van der Waals surface area contributed by atoms with Gasteiger partial charge in [0.05, 0.1) is 10.6 Å². The van der Waals surface area contributed by atoms with Crippen LogP contribution < -0.4 is 20.8 Å². The molecule has 0 aliphatic carbocycles. The molecule has 36 heavy (non-hydrogen) atoms. The quantitative estimate of drug-likeness (QED) is 0.226. The highest BCUT2D eigenvalue weighted by atomic mass is 31.2. The Labute approximate surface area is 212 Å².